The number of halogens is 2. The molecule has 5 N–H and O–H groups in total. The number of aromatic nitrogens is 2. The molecule has 2 aliphatic rings. The fraction of sp³-hybridized carbons (Fsp3) is 0.400. The van der Waals surface area contributed by atoms with Crippen molar-refractivity contribution in [3.8, 4) is 17.1 Å². The van der Waals surface area contributed by atoms with Crippen molar-refractivity contribution in [3.05, 3.63) is 93.7 Å². The number of azide groups is 2. The molecule has 0 saturated carbocycles. The molecule has 1 aromatic carbocycles. The Morgan fingerprint density at radius 1 is 1.07 bits per heavy atom. The van der Waals surface area contributed by atoms with Gasteiger partial charge in [-0.2, -0.15) is 0 Å². The molecular formula is C30H37BrClN12NaO11. The summed E-state index contributed by atoms with van der Waals surface area (Å²) in [6.45, 7) is 1.06. The first-order valence-corrected chi connectivity index (χ1v) is 15.7. The first-order chi connectivity index (χ1) is 24.6. The van der Waals surface area contributed by atoms with Gasteiger partial charge in [0.25, 0.3) is 5.56 Å². The predicted molar refractivity (Wildman–Crippen MR) is 202 cm³/mol. The van der Waals surface area contributed by atoms with Gasteiger partial charge in [-0.1, -0.05) is 40.5 Å². The van der Waals surface area contributed by atoms with Crippen molar-refractivity contribution in [3.63, 3.8) is 0 Å². The van der Waals surface area contributed by atoms with Crippen LogP contribution in [-0.2, 0) is 53.9 Å². The number of aromatic hydroxyl groups is 1. The number of hydrogen-bond acceptors (Lipinski definition) is 12. The van der Waals surface area contributed by atoms with E-state index in [1.807, 2.05) is 25.1 Å². The van der Waals surface area contributed by atoms with Crippen LogP contribution in [0.25, 0.3) is 59.2 Å². The number of carbonyl (C=O) groups excluding carboxylic acids is 2. The van der Waals surface area contributed by atoms with E-state index in [0.29, 0.717) is 23.4 Å². The largest absolute Gasteiger partial charge is 1.00 e. The Morgan fingerprint density at radius 2 is 1.64 bits per heavy atom. The number of ether oxygens (including phenoxy) is 2. The summed E-state index contributed by atoms with van der Waals surface area (Å²) in [4.78, 5) is 70.8. The summed E-state index contributed by atoms with van der Waals surface area (Å²) in [5, 5.41) is 32.7. The fourth-order valence-corrected chi connectivity index (χ4v) is 5.15. The minimum absolute atomic E-state index is 0. The molecular weight excluding hydrogens is 843 g/mol. The van der Waals surface area contributed by atoms with Crippen LogP contribution >= 0.6 is 28.3 Å². The molecule has 5 rings (SSSR count). The van der Waals surface area contributed by atoms with E-state index in [9.17, 15) is 29.1 Å². The number of aliphatic carboxylic acids is 2. The maximum absolute atomic E-state index is 13.6. The standard InChI is InChI=1S/C25H24N6O6.C2H3BrO2.C2H3N3O2.CH4.ClH.N3.Na.H2O/c1-4-25(37-21(33)9-27-29-26)17-8-19-22-13(10-31(19)23(34)16(17)12-36-24(25)35)7-14-15(11-30(2)3)20(32)6-5-18(14)28-22;3-1-2(4)5;3-5-4-1-2(6)7;;;1-3-2;;/h5-8,32H,4,9-12H2,1-3H3;1H2,(H,4,5);1H2,(H,6,7);1H4;1H;;;1H2/q;;;;;-1;+1;/t25-;;;;;;;/m0......./s1. The molecule has 4 heterocycles. The summed E-state index contributed by atoms with van der Waals surface area (Å²) >= 11 is 2.71. The number of phenols is 1. The van der Waals surface area contributed by atoms with Crippen LogP contribution in [0.2, 0.25) is 0 Å². The number of benzene rings is 1. The van der Waals surface area contributed by atoms with Crippen molar-refractivity contribution in [2.45, 2.75) is 46.1 Å². The van der Waals surface area contributed by atoms with Gasteiger partial charge in [0, 0.05) is 38.4 Å². The normalized spacial score (nSPS) is 13.3. The Kier molecular flexibility index (Phi) is 25.5. The smallest absolute Gasteiger partial charge is 0.508 e. The SMILES string of the molecule is C.CC[C@@]1(OC(=O)CN=[N+]=[N-])C(=O)OCc2c1cc1n(c2=O)Cc2cc3c(CN(C)C)c(O)ccc3nc2-1.Cl.O.O=C(O)CBr.[N-]=[N+]=NCC(=O)O.[N-]=[N+]=[N-].[Na+]. The van der Waals surface area contributed by atoms with Crippen molar-refractivity contribution in [2.75, 3.05) is 32.5 Å². The number of carbonyl (C=O) groups is 4. The molecule has 0 saturated heterocycles. The van der Waals surface area contributed by atoms with Crippen LogP contribution in [-0.4, -0.2) is 91.6 Å². The van der Waals surface area contributed by atoms with Gasteiger partial charge in [-0.05, 0) is 55.8 Å². The summed E-state index contributed by atoms with van der Waals surface area (Å²) < 4.78 is 12.4. The van der Waals surface area contributed by atoms with Gasteiger partial charge in [0.2, 0.25) is 5.60 Å². The Morgan fingerprint density at radius 3 is 2.12 bits per heavy atom. The van der Waals surface area contributed by atoms with Gasteiger partial charge in [-0.3, -0.25) is 24.1 Å². The Labute approximate surface area is 354 Å². The molecule has 1 atom stereocenters. The van der Waals surface area contributed by atoms with Gasteiger partial charge in [0.05, 0.1) is 29.0 Å². The molecule has 3 aromatic rings. The van der Waals surface area contributed by atoms with Crippen LogP contribution in [0.15, 0.2) is 39.3 Å². The maximum Gasteiger partial charge on any atom is 1.00 e. The molecule has 56 heavy (non-hydrogen) atoms. The van der Waals surface area contributed by atoms with Gasteiger partial charge in [-0.25, -0.2) is 9.78 Å². The van der Waals surface area contributed by atoms with Crippen molar-refractivity contribution >= 4 is 63.1 Å². The van der Waals surface area contributed by atoms with Crippen LogP contribution in [0.5, 0.6) is 5.75 Å². The monoisotopic (exact) mass is 878 g/mol. The first-order valence-electron chi connectivity index (χ1n) is 14.6. The second-order valence-electron chi connectivity index (χ2n) is 10.7. The van der Waals surface area contributed by atoms with E-state index in [1.165, 1.54) is 4.91 Å². The Balaban J connectivity index is -0.00000127. The van der Waals surface area contributed by atoms with E-state index in [2.05, 4.69) is 36.0 Å². The van der Waals surface area contributed by atoms with E-state index < -0.39 is 42.6 Å². The zero-order chi connectivity index (χ0) is 39.2. The van der Waals surface area contributed by atoms with E-state index in [1.54, 1.807) is 29.7 Å². The summed E-state index contributed by atoms with van der Waals surface area (Å²) in [6.07, 6.45) is 0.00884. The number of phenolic OH excluding ortho intramolecular Hbond substituents is 1. The average Bonchev–Trinajstić information content (AvgIpc) is 3.46. The van der Waals surface area contributed by atoms with E-state index in [4.69, 9.17) is 46.8 Å². The van der Waals surface area contributed by atoms with Gasteiger partial charge in [0.1, 0.15) is 30.8 Å². The van der Waals surface area contributed by atoms with Crippen LogP contribution < -0.4 is 35.1 Å². The number of cyclic esters (lactones) is 1. The third-order valence-corrected chi connectivity index (χ3v) is 7.63. The second-order valence-corrected chi connectivity index (χ2v) is 11.3. The van der Waals surface area contributed by atoms with Crippen molar-refractivity contribution in [1.29, 1.82) is 0 Å². The van der Waals surface area contributed by atoms with E-state index >= 15 is 0 Å². The Hall–Kier alpha value is -5.12. The predicted octanol–water partition coefficient (Wildman–Crippen LogP) is 1.66. The van der Waals surface area contributed by atoms with Gasteiger partial charge in [0.15, 0.2) is 0 Å². The number of pyridine rings is 2. The number of carboxylic acids is 2. The van der Waals surface area contributed by atoms with Crippen LogP contribution in [0.1, 0.15) is 43.0 Å². The number of esters is 2. The summed E-state index contributed by atoms with van der Waals surface area (Å²) in [5.74, 6) is -3.49. The summed E-state index contributed by atoms with van der Waals surface area (Å²) in [7, 11) is 3.81. The van der Waals surface area contributed by atoms with Crippen LogP contribution in [0.3, 0.4) is 0 Å². The number of nitrogens with zero attached hydrogens (tertiary/aromatic N) is 12. The van der Waals surface area contributed by atoms with Crippen molar-refractivity contribution in [1.82, 2.24) is 14.5 Å². The Bertz CT molecular complexity index is 2090. The molecule has 0 radical (unpaired) electrons. The molecule has 0 amide bonds. The second kappa shape index (κ2) is 25.9. The minimum atomic E-state index is -1.85. The van der Waals surface area contributed by atoms with Crippen molar-refractivity contribution < 1.29 is 79.0 Å². The average molecular weight is 880 g/mol. The zero-order valence-corrected chi connectivity index (χ0v) is 34.0. The summed E-state index contributed by atoms with van der Waals surface area (Å²) in [6, 6.07) is 6.90. The minimum Gasteiger partial charge on any atom is -0.508 e. The molecule has 0 fully saturated rings. The third-order valence-electron chi connectivity index (χ3n) is 7.15. The van der Waals surface area contributed by atoms with E-state index in [0.717, 1.165) is 16.5 Å². The van der Waals surface area contributed by atoms with E-state index in [-0.39, 0.29) is 102 Å². The molecule has 2 aliphatic heterocycles. The zero-order valence-electron chi connectivity index (χ0n) is 29.6. The quantitative estimate of drug-likeness (QED) is 0.0540. The molecule has 298 valence electrons. The third kappa shape index (κ3) is 13.6. The topological polar surface area (TPSA) is 373 Å². The molecule has 0 spiro atoms. The molecule has 0 unspecified atom stereocenters. The fourth-order valence-electron chi connectivity index (χ4n) is 5.15. The van der Waals surface area contributed by atoms with Gasteiger partial charge in [-0.15, -0.1) is 12.4 Å². The number of alkyl halides is 1. The molecule has 26 heteroatoms. The molecule has 0 aliphatic carbocycles. The van der Waals surface area contributed by atoms with Gasteiger partial charge < -0.3 is 50.8 Å². The van der Waals surface area contributed by atoms with Crippen LogP contribution in [0, 0.1) is 0 Å². The number of carboxylic acid groups (broad SMARTS) is 2. The number of hydrogen-bond donors (Lipinski definition) is 3. The molecule has 23 nitrogen and oxygen atoms in total. The molecule has 2 aromatic heterocycles. The van der Waals surface area contributed by atoms with Gasteiger partial charge >= 0.3 is 53.4 Å². The van der Waals surface area contributed by atoms with Crippen molar-refractivity contribution in [2.24, 2.45) is 10.2 Å². The molecule has 0 bridgehead atoms. The summed E-state index contributed by atoms with van der Waals surface area (Å²) in [5.41, 5.74) is 31.0. The number of rotatable bonds is 9. The maximum atomic E-state index is 13.6. The first kappa shape index (κ1) is 55.2. The number of fused-ring (bicyclic) bond motifs is 5. The van der Waals surface area contributed by atoms with Crippen LogP contribution in [0.4, 0.5) is 0 Å².